The van der Waals surface area contributed by atoms with Gasteiger partial charge in [0.1, 0.15) is 5.82 Å². The minimum absolute atomic E-state index is 0.0512. The van der Waals surface area contributed by atoms with E-state index < -0.39 is 10.2 Å². The highest BCUT2D eigenvalue weighted by Gasteiger charge is 2.53. The normalized spacial score (nSPS) is 20.4. The number of nitrogens with two attached hydrogens (primary N) is 1. The highest BCUT2D eigenvalue weighted by molar-refractivity contribution is 7.87. The predicted octanol–water partition coefficient (Wildman–Crippen LogP) is -0.117. The Kier molecular flexibility index (Phi) is 3.58. The molecule has 0 amide bonds. The Bertz CT molecular complexity index is 690. The zero-order valence-corrected chi connectivity index (χ0v) is 13.2. The zero-order valence-electron chi connectivity index (χ0n) is 12.3. The van der Waals surface area contributed by atoms with Crippen LogP contribution in [-0.2, 0) is 10.2 Å². The molecule has 1 aromatic rings. The fourth-order valence-electron chi connectivity index (χ4n) is 3.57. The first-order chi connectivity index (χ1) is 10.4. The van der Waals surface area contributed by atoms with Crippen LogP contribution in [-0.4, -0.2) is 45.8 Å². The standard InChI is InChI=1S/C13H20N6O2S/c1-16-12-10(6-14)11(2-3-17-12)19-7-13(8-19)4-9(5-13)18-22(15,20)21/h2-3,6,9,14,18H,4-5,7-8H2,1H3,(H,16,17)(H2,15,20,21). The van der Waals surface area contributed by atoms with Crippen molar-refractivity contribution in [1.29, 1.82) is 5.41 Å². The number of anilines is 2. The Balaban J connectivity index is 1.65. The van der Waals surface area contributed by atoms with Gasteiger partial charge in [-0.1, -0.05) is 0 Å². The van der Waals surface area contributed by atoms with E-state index >= 15 is 0 Å². The van der Waals surface area contributed by atoms with Gasteiger partial charge in [-0.2, -0.15) is 13.1 Å². The zero-order chi connectivity index (χ0) is 16.0. The first kappa shape index (κ1) is 15.2. The van der Waals surface area contributed by atoms with Gasteiger partial charge in [0.15, 0.2) is 0 Å². The van der Waals surface area contributed by atoms with Gasteiger partial charge >= 0.3 is 0 Å². The lowest BCUT2D eigenvalue weighted by atomic mass is 9.61. The summed E-state index contributed by atoms with van der Waals surface area (Å²) < 4.78 is 24.5. The van der Waals surface area contributed by atoms with Crippen LogP contribution in [0.1, 0.15) is 18.4 Å². The van der Waals surface area contributed by atoms with Crippen molar-refractivity contribution >= 4 is 27.9 Å². The van der Waals surface area contributed by atoms with Gasteiger partial charge in [0.25, 0.3) is 10.2 Å². The summed E-state index contributed by atoms with van der Waals surface area (Å²) in [5.41, 5.74) is 1.94. The Hall–Kier alpha value is -1.71. The van der Waals surface area contributed by atoms with Gasteiger partial charge in [-0.05, 0) is 18.9 Å². The molecule has 2 fully saturated rings. The summed E-state index contributed by atoms with van der Waals surface area (Å²) in [4.78, 5) is 6.42. The van der Waals surface area contributed by atoms with Crippen LogP contribution in [0.15, 0.2) is 12.3 Å². The van der Waals surface area contributed by atoms with E-state index in [0.29, 0.717) is 5.82 Å². The second kappa shape index (κ2) is 5.18. The second-order valence-electron chi connectivity index (χ2n) is 6.11. The van der Waals surface area contributed by atoms with E-state index in [2.05, 4.69) is 19.9 Å². The summed E-state index contributed by atoms with van der Waals surface area (Å²) in [6, 6.07) is 1.86. The number of nitrogens with zero attached hydrogens (tertiary/aromatic N) is 2. The first-order valence-corrected chi connectivity index (χ1v) is 8.63. The quantitative estimate of drug-likeness (QED) is 0.562. The van der Waals surface area contributed by atoms with Crippen LogP contribution >= 0.6 is 0 Å². The highest BCUT2D eigenvalue weighted by atomic mass is 32.2. The van der Waals surface area contributed by atoms with E-state index in [-0.39, 0.29) is 11.5 Å². The summed E-state index contributed by atoms with van der Waals surface area (Å²) in [7, 11) is -1.83. The molecular formula is C13H20N6O2S. The molecule has 3 rings (SSSR count). The Morgan fingerprint density at radius 3 is 2.73 bits per heavy atom. The largest absolute Gasteiger partial charge is 0.373 e. The average Bonchev–Trinajstić information content (AvgIpc) is 2.37. The van der Waals surface area contributed by atoms with Gasteiger partial charge in [-0.15, -0.1) is 0 Å². The maximum Gasteiger partial charge on any atom is 0.274 e. The molecule has 1 saturated heterocycles. The molecule has 2 heterocycles. The lowest BCUT2D eigenvalue weighted by molar-refractivity contribution is 0.0590. The van der Waals surface area contributed by atoms with Gasteiger partial charge in [-0.3, -0.25) is 0 Å². The number of aromatic nitrogens is 1. The molecule has 9 heteroatoms. The van der Waals surface area contributed by atoms with Crippen LogP contribution in [0.2, 0.25) is 0 Å². The molecule has 0 atom stereocenters. The maximum absolute atomic E-state index is 11.0. The summed E-state index contributed by atoms with van der Waals surface area (Å²) in [6.07, 6.45) is 4.66. The molecule has 1 saturated carbocycles. The molecule has 1 aliphatic heterocycles. The van der Waals surface area contributed by atoms with Gasteiger partial charge in [0.05, 0.1) is 11.3 Å². The molecule has 0 aromatic carbocycles. The smallest absolute Gasteiger partial charge is 0.274 e. The number of hydrogen-bond acceptors (Lipinski definition) is 6. The van der Waals surface area contributed by atoms with Gasteiger partial charge in [0, 0.05) is 44.0 Å². The summed E-state index contributed by atoms with van der Waals surface area (Å²) >= 11 is 0. The molecule has 0 bridgehead atoms. The molecule has 0 radical (unpaired) electrons. The molecule has 1 aromatic heterocycles. The third-order valence-electron chi connectivity index (χ3n) is 4.43. The molecule has 1 aliphatic carbocycles. The van der Waals surface area contributed by atoms with Crippen LogP contribution in [0.4, 0.5) is 11.5 Å². The van der Waals surface area contributed by atoms with Crippen molar-refractivity contribution in [2.45, 2.75) is 18.9 Å². The molecule has 5 N–H and O–H groups in total. The Morgan fingerprint density at radius 1 is 1.50 bits per heavy atom. The minimum atomic E-state index is -3.61. The van der Waals surface area contributed by atoms with E-state index in [1.54, 1.807) is 13.2 Å². The fraction of sp³-hybridized carbons (Fsp3) is 0.538. The van der Waals surface area contributed by atoms with Crippen molar-refractivity contribution in [3.8, 4) is 0 Å². The number of pyridine rings is 1. The molecule has 1 spiro atoms. The van der Waals surface area contributed by atoms with E-state index in [4.69, 9.17) is 10.5 Å². The van der Waals surface area contributed by atoms with E-state index in [0.717, 1.165) is 37.2 Å². The highest BCUT2D eigenvalue weighted by Crippen LogP contribution is 2.50. The van der Waals surface area contributed by atoms with Crippen LogP contribution in [0.3, 0.4) is 0 Å². The van der Waals surface area contributed by atoms with E-state index in [1.165, 1.54) is 6.21 Å². The van der Waals surface area contributed by atoms with Gasteiger partial charge < -0.3 is 15.6 Å². The minimum Gasteiger partial charge on any atom is -0.373 e. The maximum atomic E-state index is 11.0. The summed E-state index contributed by atoms with van der Waals surface area (Å²) in [6.45, 7) is 1.73. The number of hydrogen-bond donors (Lipinski definition) is 4. The molecular weight excluding hydrogens is 304 g/mol. The molecule has 2 aliphatic rings. The topological polar surface area (TPSA) is 124 Å². The first-order valence-electron chi connectivity index (χ1n) is 7.08. The van der Waals surface area contributed by atoms with Crippen LogP contribution in [0.25, 0.3) is 0 Å². The lowest BCUT2D eigenvalue weighted by Gasteiger charge is -2.60. The Labute approximate surface area is 129 Å². The Morgan fingerprint density at radius 2 is 2.18 bits per heavy atom. The van der Waals surface area contributed by atoms with Crippen LogP contribution < -0.4 is 20.1 Å². The molecule has 8 nitrogen and oxygen atoms in total. The van der Waals surface area contributed by atoms with Gasteiger partial charge in [-0.25, -0.2) is 10.1 Å². The number of rotatable bonds is 5. The molecule has 0 unspecified atom stereocenters. The third kappa shape index (κ3) is 2.67. The van der Waals surface area contributed by atoms with E-state index in [1.807, 2.05) is 6.07 Å². The summed E-state index contributed by atoms with van der Waals surface area (Å²) in [5, 5.41) is 15.6. The lowest BCUT2D eigenvalue weighted by Crippen LogP contribution is -2.67. The van der Waals surface area contributed by atoms with Crippen molar-refractivity contribution in [2.75, 3.05) is 30.4 Å². The molecule has 120 valence electrons. The predicted molar refractivity (Wildman–Crippen MR) is 85.6 cm³/mol. The van der Waals surface area contributed by atoms with Crippen LogP contribution in [0, 0.1) is 10.8 Å². The SMILES string of the molecule is CNc1nccc(N2CC3(CC(NS(N)(=O)=O)C3)C2)c1C=N. The second-order valence-corrected chi connectivity index (χ2v) is 7.44. The monoisotopic (exact) mass is 324 g/mol. The summed E-state index contributed by atoms with van der Waals surface area (Å²) in [5.74, 6) is 0.691. The van der Waals surface area contributed by atoms with Crippen molar-refractivity contribution in [1.82, 2.24) is 9.71 Å². The van der Waals surface area contributed by atoms with Crippen molar-refractivity contribution in [2.24, 2.45) is 10.6 Å². The number of nitrogens with one attached hydrogen (secondary N) is 3. The third-order valence-corrected chi connectivity index (χ3v) is 5.09. The fourth-order valence-corrected chi connectivity index (χ4v) is 4.20. The average molecular weight is 324 g/mol. The van der Waals surface area contributed by atoms with Crippen molar-refractivity contribution in [3.63, 3.8) is 0 Å². The van der Waals surface area contributed by atoms with Crippen molar-refractivity contribution in [3.05, 3.63) is 17.8 Å². The van der Waals surface area contributed by atoms with Crippen LogP contribution in [0.5, 0.6) is 0 Å². The van der Waals surface area contributed by atoms with E-state index in [9.17, 15) is 8.42 Å². The van der Waals surface area contributed by atoms with Crippen molar-refractivity contribution < 1.29 is 8.42 Å². The molecule has 22 heavy (non-hydrogen) atoms. The van der Waals surface area contributed by atoms with Gasteiger partial charge in [0.2, 0.25) is 0 Å².